The summed E-state index contributed by atoms with van der Waals surface area (Å²) in [7, 11) is 0. The lowest BCUT2D eigenvalue weighted by atomic mass is 10.1. The molecule has 0 aromatic carbocycles. The summed E-state index contributed by atoms with van der Waals surface area (Å²) >= 11 is 7.92. The van der Waals surface area contributed by atoms with Crippen LogP contribution in [0.4, 0.5) is 5.00 Å². The molecule has 0 spiro atoms. The van der Waals surface area contributed by atoms with Gasteiger partial charge in [0, 0.05) is 60.3 Å². The Morgan fingerprint density at radius 2 is 2.19 bits per heavy atom. The Morgan fingerprint density at radius 3 is 2.96 bits per heavy atom. The molecule has 1 atom stereocenters. The molecular formula is C18H23Cl3N4OS. The van der Waals surface area contributed by atoms with Crippen LogP contribution in [-0.2, 0) is 0 Å². The van der Waals surface area contributed by atoms with E-state index in [0.29, 0.717) is 5.02 Å². The number of nitrogens with zero attached hydrogens (tertiary/aromatic N) is 2. The van der Waals surface area contributed by atoms with Gasteiger partial charge < -0.3 is 20.6 Å². The number of piperazine rings is 1. The predicted molar refractivity (Wildman–Crippen MR) is 118 cm³/mol. The number of hydrogen-bond donors (Lipinski definition) is 3. The molecule has 0 bridgehead atoms. The van der Waals surface area contributed by atoms with Crippen LogP contribution in [0.1, 0.15) is 16.9 Å². The average Bonchev–Trinajstić information content (AvgIpc) is 2.89. The molecular weight excluding hydrogens is 427 g/mol. The number of halogens is 3. The smallest absolute Gasteiger partial charge is 0.102 e. The minimum atomic E-state index is 0. The fourth-order valence-corrected chi connectivity index (χ4v) is 4.58. The summed E-state index contributed by atoms with van der Waals surface area (Å²) in [5.74, 6) is 0. The van der Waals surface area contributed by atoms with Crippen LogP contribution in [0.5, 0.6) is 0 Å². The molecule has 4 rings (SSSR count). The van der Waals surface area contributed by atoms with Crippen LogP contribution in [0.3, 0.4) is 0 Å². The van der Waals surface area contributed by atoms with Gasteiger partial charge >= 0.3 is 0 Å². The molecule has 1 saturated heterocycles. The molecule has 0 saturated carbocycles. The highest BCUT2D eigenvalue weighted by atomic mass is 35.5. The number of anilines is 1. The summed E-state index contributed by atoms with van der Waals surface area (Å²) in [6.45, 7) is 4.99. The molecule has 2 aromatic heterocycles. The largest absolute Gasteiger partial charge is 0.396 e. The molecule has 0 amide bonds. The molecule has 2 aliphatic heterocycles. The van der Waals surface area contributed by atoms with Crippen molar-refractivity contribution in [2.75, 3.05) is 31.6 Å². The first-order chi connectivity index (χ1) is 12.2. The van der Waals surface area contributed by atoms with Crippen molar-refractivity contribution in [3.8, 4) is 0 Å². The van der Waals surface area contributed by atoms with E-state index in [2.05, 4.69) is 33.5 Å². The number of aliphatic hydroxyl groups excluding tert-OH is 1. The number of pyridine rings is 1. The van der Waals surface area contributed by atoms with Crippen LogP contribution in [0, 0.1) is 6.92 Å². The third-order valence-corrected chi connectivity index (χ3v) is 5.81. The minimum Gasteiger partial charge on any atom is -0.396 e. The van der Waals surface area contributed by atoms with Crippen molar-refractivity contribution in [1.82, 2.24) is 15.2 Å². The highest BCUT2D eigenvalue weighted by Gasteiger charge is 2.26. The van der Waals surface area contributed by atoms with Crippen molar-refractivity contribution in [1.29, 1.82) is 0 Å². The van der Waals surface area contributed by atoms with Gasteiger partial charge in [-0.25, -0.2) is 0 Å². The van der Waals surface area contributed by atoms with Crippen molar-refractivity contribution < 1.29 is 5.11 Å². The molecule has 148 valence electrons. The molecule has 0 aliphatic carbocycles. The van der Waals surface area contributed by atoms with E-state index < -0.39 is 0 Å². The number of rotatable bonds is 3. The maximum absolute atomic E-state index is 9.30. The van der Waals surface area contributed by atoms with Crippen LogP contribution in [0.25, 0.3) is 11.9 Å². The second-order valence-corrected chi connectivity index (χ2v) is 8.13. The molecule has 27 heavy (non-hydrogen) atoms. The van der Waals surface area contributed by atoms with E-state index in [1.54, 1.807) is 17.5 Å². The Morgan fingerprint density at radius 1 is 1.37 bits per heavy atom. The van der Waals surface area contributed by atoms with Gasteiger partial charge in [-0.15, -0.1) is 36.2 Å². The van der Waals surface area contributed by atoms with Gasteiger partial charge in [-0.05, 0) is 25.5 Å². The second kappa shape index (κ2) is 9.45. The van der Waals surface area contributed by atoms with Gasteiger partial charge in [-0.2, -0.15) is 0 Å². The summed E-state index contributed by atoms with van der Waals surface area (Å²) in [6.07, 6.45) is 4.46. The zero-order valence-corrected chi connectivity index (χ0v) is 18.1. The van der Waals surface area contributed by atoms with E-state index in [9.17, 15) is 5.11 Å². The number of aliphatic hydroxyl groups is 1. The average molecular weight is 450 g/mol. The van der Waals surface area contributed by atoms with Crippen LogP contribution >= 0.6 is 47.8 Å². The number of thiophene rings is 1. The van der Waals surface area contributed by atoms with Gasteiger partial charge in [0.25, 0.3) is 0 Å². The Kier molecular flexibility index (Phi) is 7.80. The number of aromatic nitrogens is 1. The molecule has 2 aromatic rings. The Bertz CT molecular complexity index is 916. The topological polar surface area (TPSA) is 60.4 Å². The van der Waals surface area contributed by atoms with Crippen LogP contribution in [0.2, 0.25) is 5.02 Å². The van der Waals surface area contributed by atoms with Crippen LogP contribution < -0.4 is 21.2 Å². The minimum absolute atomic E-state index is 0. The lowest BCUT2D eigenvalue weighted by Gasteiger charge is -2.36. The predicted octanol–water partition coefficient (Wildman–Crippen LogP) is 1.92. The highest BCUT2D eigenvalue weighted by molar-refractivity contribution is 7.16. The lowest BCUT2D eigenvalue weighted by molar-refractivity contribution is 0.217. The maximum Gasteiger partial charge on any atom is 0.102 e. The van der Waals surface area contributed by atoms with Gasteiger partial charge in [0.2, 0.25) is 0 Å². The van der Waals surface area contributed by atoms with E-state index >= 15 is 0 Å². The van der Waals surface area contributed by atoms with Crippen molar-refractivity contribution in [2.45, 2.75) is 19.4 Å². The first kappa shape index (κ1) is 22.3. The molecule has 5 nitrogen and oxygen atoms in total. The number of nitrogens with one attached hydrogen (secondary N) is 2. The van der Waals surface area contributed by atoms with Gasteiger partial charge in [0.1, 0.15) is 5.00 Å². The van der Waals surface area contributed by atoms with E-state index in [-0.39, 0.29) is 37.5 Å². The number of aryl methyl sites for hydroxylation is 1. The third-order valence-electron chi connectivity index (χ3n) is 4.63. The van der Waals surface area contributed by atoms with Gasteiger partial charge in [-0.1, -0.05) is 11.6 Å². The SMILES string of the molecule is Cc1cc2c(s1)NC=c1cc(Cl)cnc1=C2N1CCNC(CCO)C1.Cl.Cl. The van der Waals surface area contributed by atoms with Gasteiger partial charge in [0.05, 0.1) is 16.1 Å². The van der Waals surface area contributed by atoms with Gasteiger partial charge in [-0.3, -0.25) is 4.98 Å². The first-order valence-corrected chi connectivity index (χ1v) is 9.68. The summed E-state index contributed by atoms with van der Waals surface area (Å²) in [6, 6.07) is 4.46. The number of fused-ring (bicyclic) bond motifs is 2. The standard InChI is InChI=1S/C18H21ClN4OS.2ClH/c1-11-6-15-17(23-4-3-20-14(10-23)2-5-24)16-12(7-13(19)9-21-16)8-22-18(15)25-11;;/h6-9,14,20,22,24H,2-5,10H2,1H3;2*1H. The molecule has 4 heterocycles. The van der Waals surface area contributed by atoms with Crippen molar-refractivity contribution in [2.24, 2.45) is 0 Å². The van der Waals surface area contributed by atoms with E-state index in [1.807, 2.05) is 12.3 Å². The molecule has 1 unspecified atom stereocenters. The third kappa shape index (κ3) is 4.53. The quantitative estimate of drug-likeness (QED) is 0.668. The van der Waals surface area contributed by atoms with Gasteiger partial charge in [0.15, 0.2) is 0 Å². The lowest BCUT2D eigenvalue weighted by Crippen LogP contribution is -2.52. The maximum atomic E-state index is 9.30. The van der Waals surface area contributed by atoms with E-state index in [1.165, 1.54) is 10.4 Å². The Hall–Kier alpha value is -1.02. The van der Waals surface area contributed by atoms with Crippen LogP contribution in [-0.4, -0.2) is 47.3 Å². The normalized spacial score (nSPS) is 18.1. The summed E-state index contributed by atoms with van der Waals surface area (Å²) in [4.78, 5) is 8.33. The van der Waals surface area contributed by atoms with Crippen molar-refractivity contribution >= 4 is 64.6 Å². The Labute approximate surface area is 180 Å². The summed E-state index contributed by atoms with van der Waals surface area (Å²) in [5, 5.41) is 20.0. The molecule has 9 heteroatoms. The fourth-order valence-electron chi connectivity index (χ4n) is 3.53. The van der Waals surface area contributed by atoms with E-state index in [0.717, 1.165) is 47.3 Å². The first-order valence-electron chi connectivity index (χ1n) is 8.48. The van der Waals surface area contributed by atoms with Crippen molar-refractivity contribution in [3.63, 3.8) is 0 Å². The second-order valence-electron chi connectivity index (χ2n) is 6.44. The monoisotopic (exact) mass is 448 g/mol. The summed E-state index contributed by atoms with van der Waals surface area (Å²) < 4.78 is 0. The van der Waals surface area contributed by atoms with E-state index in [4.69, 9.17) is 11.6 Å². The molecule has 2 aliphatic rings. The highest BCUT2D eigenvalue weighted by Crippen LogP contribution is 2.34. The molecule has 3 N–H and O–H groups in total. The number of hydrogen-bond acceptors (Lipinski definition) is 6. The fraction of sp³-hybridized carbons (Fsp3) is 0.389. The molecule has 0 radical (unpaired) electrons. The zero-order chi connectivity index (χ0) is 17.4. The van der Waals surface area contributed by atoms with Crippen molar-refractivity contribution in [3.05, 3.63) is 44.4 Å². The summed E-state index contributed by atoms with van der Waals surface area (Å²) in [5.41, 5.74) is 2.34. The Balaban J connectivity index is 0.00000131. The molecule has 1 fully saturated rings. The van der Waals surface area contributed by atoms with Crippen LogP contribution in [0.15, 0.2) is 18.3 Å². The zero-order valence-electron chi connectivity index (χ0n) is 14.9.